The van der Waals surface area contributed by atoms with Gasteiger partial charge in [0.15, 0.2) is 0 Å². The minimum Gasteiger partial charge on any atom is -0.367 e. The average Bonchev–Trinajstić information content (AvgIpc) is 3.34. The van der Waals surface area contributed by atoms with Gasteiger partial charge in [-0.2, -0.15) is 0 Å². The SMILES string of the molecule is C=C(c1ccc2c(c1)nc(CCc1ccc(CN)cc1)n2C)N(CCCc1ccccc1)Cc1ccc(CN)cc1. The number of fused-ring (bicyclic) bond motifs is 1. The van der Waals surface area contributed by atoms with Crippen molar-refractivity contribution < 1.29 is 0 Å². The molecule has 0 aliphatic carbocycles. The van der Waals surface area contributed by atoms with Crippen LogP contribution in [0, 0.1) is 0 Å². The molecule has 0 saturated heterocycles. The number of imidazole rings is 1. The lowest BCUT2D eigenvalue weighted by Crippen LogP contribution is -2.23. The number of benzene rings is 4. The highest BCUT2D eigenvalue weighted by atomic mass is 15.1. The van der Waals surface area contributed by atoms with Crippen LogP contribution in [0.2, 0.25) is 0 Å². The minimum atomic E-state index is 0.556. The summed E-state index contributed by atoms with van der Waals surface area (Å²) in [4.78, 5) is 7.44. The lowest BCUT2D eigenvalue weighted by Gasteiger charge is -2.27. The number of nitrogens with zero attached hydrogens (tertiary/aromatic N) is 3. The Hall–Kier alpha value is -4.19. The van der Waals surface area contributed by atoms with Crippen molar-refractivity contribution in [3.63, 3.8) is 0 Å². The number of hydrogen-bond donors (Lipinski definition) is 2. The Labute approximate surface area is 244 Å². The van der Waals surface area contributed by atoms with Crippen LogP contribution in [0.15, 0.2) is 104 Å². The Bertz CT molecular complexity index is 1570. The summed E-state index contributed by atoms with van der Waals surface area (Å²) >= 11 is 0. The largest absolute Gasteiger partial charge is 0.367 e. The van der Waals surface area contributed by atoms with Gasteiger partial charge in [0, 0.05) is 45.3 Å². The van der Waals surface area contributed by atoms with E-state index in [0.29, 0.717) is 13.1 Å². The monoisotopic (exact) mass is 543 g/mol. The molecule has 5 aromatic rings. The molecule has 0 bridgehead atoms. The van der Waals surface area contributed by atoms with Crippen molar-refractivity contribution in [3.05, 3.63) is 143 Å². The highest BCUT2D eigenvalue weighted by molar-refractivity contribution is 5.81. The zero-order chi connectivity index (χ0) is 28.6. The van der Waals surface area contributed by atoms with Gasteiger partial charge in [0.2, 0.25) is 0 Å². The smallest absolute Gasteiger partial charge is 0.109 e. The van der Waals surface area contributed by atoms with E-state index >= 15 is 0 Å². The zero-order valence-corrected chi connectivity index (χ0v) is 24.1. The van der Waals surface area contributed by atoms with Crippen molar-refractivity contribution in [1.82, 2.24) is 14.5 Å². The summed E-state index contributed by atoms with van der Waals surface area (Å²) in [5, 5.41) is 0. The summed E-state index contributed by atoms with van der Waals surface area (Å²) in [7, 11) is 2.11. The summed E-state index contributed by atoms with van der Waals surface area (Å²) < 4.78 is 2.22. The Morgan fingerprint density at radius 1 is 0.732 bits per heavy atom. The molecule has 0 amide bonds. The molecule has 5 nitrogen and oxygen atoms in total. The van der Waals surface area contributed by atoms with Crippen LogP contribution in [0.25, 0.3) is 16.7 Å². The maximum atomic E-state index is 5.83. The first-order chi connectivity index (χ1) is 20.0. The molecule has 1 heterocycles. The Morgan fingerprint density at radius 2 is 1.34 bits per heavy atom. The summed E-state index contributed by atoms with van der Waals surface area (Å²) in [5.74, 6) is 1.09. The molecular weight excluding hydrogens is 502 g/mol. The van der Waals surface area contributed by atoms with E-state index in [2.05, 4.69) is 120 Å². The van der Waals surface area contributed by atoms with Gasteiger partial charge in [0.05, 0.1) is 11.0 Å². The lowest BCUT2D eigenvalue weighted by molar-refractivity contribution is 0.384. The molecule has 0 spiro atoms. The third-order valence-electron chi connectivity index (χ3n) is 7.95. The first-order valence-electron chi connectivity index (χ1n) is 14.5. The number of hydrogen-bond acceptors (Lipinski definition) is 4. The van der Waals surface area contributed by atoms with E-state index in [1.807, 2.05) is 0 Å². The number of rotatable bonds is 13. The fourth-order valence-electron chi connectivity index (χ4n) is 5.36. The van der Waals surface area contributed by atoms with Gasteiger partial charge in [-0.1, -0.05) is 91.5 Å². The zero-order valence-electron chi connectivity index (χ0n) is 24.1. The summed E-state index contributed by atoms with van der Waals surface area (Å²) in [6, 6.07) is 34.4. The molecule has 0 unspecified atom stereocenters. The van der Waals surface area contributed by atoms with Crippen molar-refractivity contribution >= 4 is 16.7 Å². The average molecular weight is 544 g/mol. The van der Waals surface area contributed by atoms with Crippen LogP contribution in [0.4, 0.5) is 0 Å². The lowest BCUT2D eigenvalue weighted by atomic mass is 10.1. The number of aromatic nitrogens is 2. The van der Waals surface area contributed by atoms with Crippen LogP contribution >= 0.6 is 0 Å². The van der Waals surface area contributed by atoms with E-state index in [-0.39, 0.29) is 0 Å². The number of nitrogens with two attached hydrogens (primary N) is 2. The van der Waals surface area contributed by atoms with Gasteiger partial charge in [-0.15, -0.1) is 0 Å². The van der Waals surface area contributed by atoms with Crippen molar-refractivity contribution in [3.8, 4) is 0 Å². The van der Waals surface area contributed by atoms with E-state index in [0.717, 1.165) is 78.0 Å². The molecule has 0 aliphatic rings. The van der Waals surface area contributed by atoms with Crippen molar-refractivity contribution in [2.45, 2.75) is 45.3 Å². The van der Waals surface area contributed by atoms with E-state index in [9.17, 15) is 0 Å². The van der Waals surface area contributed by atoms with E-state index in [1.165, 1.54) is 16.7 Å². The standard InChI is InChI=1S/C36H41N5/c1-27(41(22-6-9-28-7-4-3-5-8-28)26-32-16-14-31(25-38)15-17-32)33-19-20-35-34(23-33)39-36(40(35)2)21-18-29-10-12-30(24-37)13-11-29/h3-5,7-8,10-17,19-20,23H,1,6,9,18,21-22,24-26,37-38H2,2H3. The van der Waals surface area contributed by atoms with Crippen LogP contribution in [0.1, 0.15) is 45.6 Å². The van der Waals surface area contributed by atoms with Crippen LogP contribution in [-0.2, 0) is 45.9 Å². The first kappa shape index (κ1) is 28.3. The van der Waals surface area contributed by atoms with Gasteiger partial charge in [-0.25, -0.2) is 4.98 Å². The quantitative estimate of drug-likeness (QED) is 0.181. The van der Waals surface area contributed by atoms with Crippen molar-refractivity contribution in [2.75, 3.05) is 6.54 Å². The predicted octanol–water partition coefficient (Wildman–Crippen LogP) is 6.38. The van der Waals surface area contributed by atoms with Crippen molar-refractivity contribution in [2.24, 2.45) is 18.5 Å². The minimum absolute atomic E-state index is 0.556. The fourth-order valence-corrected chi connectivity index (χ4v) is 5.36. The van der Waals surface area contributed by atoms with Crippen LogP contribution in [0.5, 0.6) is 0 Å². The predicted molar refractivity (Wildman–Crippen MR) is 171 cm³/mol. The molecular formula is C36H41N5. The topological polar surface area (TPSA) is 73.1 Å². The van der Waals surface area contributed by atoms with Gasteiger partial charge in [-0.05, 0) is 64.8 Å². The second-order valence-electron chi connectivity index (χ2n) is 10.8. The molecule has 4 N–H and O–H groups in total. The third kappa shape index (κ3) is 7.12. The second-order valence-corrected chi connectivity index (χ2v) is 10.8. The summed E-state index contributed by atoms with van der Waals surface area (Å²) in [6.07, 6.45) is 3.91. The highest BCUT2D eigenvalue weighted by Gasteiger charge is 2.14. The van der Waals surface area contributed by atoms with Gasteiger partial charge in [0.25, 0.3) is 0 Å². The molecule has 1 aromatic heterocycles. The normalized spacial score (nSPS) is 11.2. The molecule has 0 saturated carbocycles. The maximum absolute atomic E-state index is 5.83. The first-order valence-corrected chi connectivity index (χ1v) is 14.5. The maximum Gasteiger partial charge on any atom is 0.109 e. The van der Waals surface area contributed by atoms with E-state index < -0.39 is 0 Å². The van der Waals surface area contributed by atoms with E-state index in [1.54, 1.807) is 0 Å². The van der Waals surface area contributed by atoms with E-state index in [4.69, 9.17) is 16.5 Å². The molecule has 0 fully saturated rings. The van der Waals surface area contributed by atoms with Gasteiger partial charge < -0.3 is 20.9 Å². The Balaban J connectivity index is 1.33. The Kier molecular flexibility index (Phi) is 9.29. The Morgan fingerprint density at radius 3 is 2.00 bits per heavy atom. The molecule has 5 rings (SSSR count). The highest BCUT2D eigenvalue weighted by Crippen LogP contribution is 2.26. The second kappa shape index (κ2) is 13.4. The molecule has 5 heteroatoms. The molecule has 41 heavy (non-hydrogen) atoms. The molecule has 0 atom stereocenters. The fraction of sp³-hybridized carbons (Fsp3) is 0.250. The van der Waals surface area contributed by atoms with Crippen LogP contribution in [0.3, 0.4) is 0 Å². The van der Waals surface area contributed by atoms with Crippen LogP contribution in [-0.4, -0.2) is 21.0 Å². The van der Waals surface area contributed by atoms with Crippen molar-refractivity contribution in [1.29, 1.82) is 0 Å². The van der Waals surface area contributed by atoms with Gasteiger partial charge in [-0.3, -0.25) is 0 Å². The molecule has 0 radical (unpaired) electrons. The molecule has 4 aromatic carbocycles. The molecule has 210 valence electrons. The molecule has 0 aliphatic heterocycles. The van der Waals surface area contributed by atoms with Crippen LogP contribution < -0.4 is 11.5 Å². The van der Waals surface area contributed by atoms with Gasteiger partial charge >= 0.3 is 0 Å². The summed E-state index contributed by atoms with van der Waals surface area (Å²) in [5.41, 5.74) is 22.1. The van der Waals surface area contributed by atoms with Gasteiger partial charge in [0.1, 0.15) is 5.82 Å². The number of aryl methyl sites for hydroxylation is 4. The summed E-state index contributed by atoms with van der Waals surface area (Å²) in [6.45, 7) is 7.41. The third-order valence-corrected chi connectivity index (χ3v) is 7.95.